The van der Waals surface area contributed by atoms with Gasteiger partial charge in [0.25, 0.3) is 0 Å². The summed E-state index contributed by atoms with van der Waals surface area (Å²) in [6.07, 6.45) is 8.39. The molecule has 2 unspecified atom stereocenters. The predicted molar refractivity (Wildman–Crippen MR) is 71.3 cm³/mol. The average Bonchev–Trinajstić information content (AvgIpc) is 2.40. The van der Waals surface area contributed by atoms with Gasteiger partial charge in [0.2, 0.25) is 0 Å². The first kappa shape index (κ1) is 13.3. The van der Waals surface area contributed by atoms with Crippen molar-refractivity contribution in [3.63, 3.8) is 0 Å². The molecule has 2 atom stereocenters. The zero-order valence-electron chi connectivity index (χ0n) is 11.5. The molecule has 0 saturated carbocycles. The zero-order chi connectivity index (χ0) is 12.1. The van der Waals surface area contributed by atoms with Gasteiger partial charge in [-0.25, -0.2) is 0 Å². The Bertz CT molecular complexity index is 208. The van der Waals surface area contributed by atoms with Crippen molar-refractivity contribution in [1.29, 1.82) is 0 Å². The van der Waals surface area contributed by atoms with Crippen LogP contribution in [0, 0.1) is 0 Å². The lowest BCUT2D eigenvalue weighted by molar-refractivity contribution is 0.0267. The van der Waals surface area contributed by atoms with Crippen molar-refractivity contribution >= 4 is 0 Å². The lowest BCUT2D eigenvalue weighted by atomic mass is 9.96. The molecule has 0 aromatic rings. The van der Waals surface area contributed by atoms with E-state index in [0.717, 1.165) is 12.1 Å². The normalized spacial score (nSPS) is 30.4. The number of rotatable bonds is 4. The Hall–Kier alpha value is -0.120. The van der Waals surface area contributed by atoms with Crippen LogP contribution >= 0.6 is 0 Å². The number of nitrogens with zero attached hydrogens (tertiary/aromatic N) is 1. The van der Waals surface area contributed by atoms with Crippen LogP contribution < -0.4 is 5.32 Å². The van der Waals surface area contributed by atoms with Crippen LogP contribution in [0.25, 0.3) is 0 Å². The maximum absolute atomic E-state index is 5.43. The fourth-order valence-electron chi connectivity index (χ4n) is 3.24. The molecule has 0 spiro atoms. The van der Waals surface area contributed by atoms with Gasteiger partial charge in [0, 0.05) is 32.3 Å². The van der Waals surface area contributed by atoms with E-state index in [4.69, 9.17) is 4.74 Å². The van der Waals surface area contributed by atoms with Crippen LogP contribution in [0.15, 0.2) is 0 Å². The highest BCUT2D eigenvalue weighted by molar-refractivity contribution is 4.81. The molecule has 0 aromatic carbocycles. The summed E-state index contributed by atoms with van der Waals surface area (Å²) in [5, 5.41) is 3.66. The second kappa shape index (κ2) is 6.72. The van der Waals surface area contributed by atoms with E-state index in [9.17, 15) is 0 Å². The molecule has 0 aliphatic carbocycles. The second-order valence-corrected chi connectivity index (χ2v) is 5.70. The van der Waals surface area contributed by atoms with Crippen molar-refractivity contribution in [2.75, 3.05) is 26.7 Å². The highest BCUT2D eigenvalue weighted by atomic mass is 16.5. The van der Waals surface area contributed by atoms with Crippen molar-refractivity contribution in [2.24, 2.45) is 0 Å². The predicted octanol–water partition coefficient (Wildman–Crippen LogP) is 2.02. The minimum atomic E-state index is 0.506. The molecule has 17 heavy (non-hydrogen) atoms. The molecule has 0 amide bonds. The van der Waals surface area contributed by atoms with Crippen LogP contribution in [-0.4, -0.2) is 49.8 Å². The Morgan fingerprint density at radius 1 is 1.24 bits per heavy atom. The Morgan fingerprint density at radius 2 is 2.00 bits per heavy atom. The van der Waals surface area contributed by atoms with E-state index in [1.165, 1.54) is 58.2 Å². The van der Waals surface area contributed by atoms with E-state index in [0.29, 0.717) is 6.10 Å². The van der Waals surface area contributed by atoms with Crippen molar-refractivity contribution < 1.29 is 4.74 Å². The molecule has 2 fully saturated rings. The number of hydrogen-bond donors (Lipinski definition) is 1. The summed E-state index contributed by atoms with van der Waals surface area (Å²) in [5.74, 6) is 0. The fourth-order valence-corrected chi connectivity index (χ4v) is 3.24. The number of likely N-dealkylation sites (tertiary alicyclic amines) is 1. The van der Waals surface area contributed by atoms with E-state index < -0.39 is 0 Å². The van der Waals surface area contributed by atoms with Crippen LogP contribution in [0.1, 0.15) is 45.4 Å². The van der Waals surface area contributed by atoms with Gasteiger partial charge in [-0.3, -0.25) is 0 Å². The van der Waals surface area contributed by atoms with Gasteiger partial charge in [0.05, 0.1) is 6.10 Å². The average molecular weight is 240 g/mol. The SMILES string of the molecule is COC1CCN(C(C)CC2CCCCN2)CC1. The first-order valence-electron chi connectivity index (χ1n) is 7.30. The summed E-state index contributed by atoms with van der Waals surface area (Å²) < 4.78 is 5.43. The van der Waals surface area contributed by atoms with Gasteiger partial charge >= 0.3 is 0 Å². The quantitative estimate of drug-likeness (QED) is 0.813. The number of nitrogens with one attached hydrogen (secondary N) is 1. The van der Waals surface area contributed by atoms with Gasteiger partial charge in [-0.1, -0.05) is 6.42 Å². The lowest BCUT2D eigenvalue weighted by Crippen LogP contribution is -2.45. The lowest BCUT2D eigenvalue weighted by Gasteiger charge is -2.37. The third kappa shape index (κ3) is 3.94. The first-order valence-corrected chi connectivity index (χ1v) is 7.30. The Labute approximate surface area is 106 Å². The fraction of sp³-hybridized carbons (Fsp3) is 1.00. The van der Waals surface area contributed by atoms with Gasteiger partial charge in [-0.2, -0.15) is 0 Å². The van der Waals surface area contributed by atoms with Gasteiger partial charge < -0.3 is 15.0 Å². The second-order valence-electron chi connectivity index (χ2n) is 5.70. The van der Waals surface area contributed by atoms with Crippen molar-refractivity contribution in [3.8, 4) is 0 Å². The minimum absolute atomic E-state index is 0.506. The Morgan fingerprint density at radius 3 is 2.59 bits per heavy atom. The summed E-state index contributed by atoms with van der Waals surface area (Å²) in [7, 11) is 1.84. The molecule has 2 rings (SSSR count). The summed E-state index contributed by atoms with van der Waals surface area (Å²) >= 11 is 0. The van der Waals surface area contributed by atoms with E-state index in [1.54, 1.807) is 0 Å². The van der Waals surface area contributed by atoms with Crippen LogP contribution in [-0.2, 0) is 4.74 Å². The number of methoxy groups -OCH3 is 1. The zero-order valence-corrected chi connectivity index (χ0v) is 11.5. The number of piperidine rings is 2. The molecule has 2 aliphatic rings. The maximum Gasteiger partial charge on any atom is 0.0595 e. The third-order valence-electron chi connectivity index (χ3n) is 4.47. The van der Waals surface area contributed by atoms with Crippen molar-refractivity contribution in [2.45, 2.75) is 63.6 Å². The molecule has 3 nitrogen and oxygen atoms in total. The van der Waals surface area contributed by atoms with Crippen LogP contribution in [0.3, 0.4) is 0 Å². The molecule has 0 radical (unpaired) electrons. The summed E-state index contributed by atoms with van der Waals surface area (Å²) in [4.78, 5) is 2.64. The van der Waals surface area contributed by atoms with Gasteiger partial charge in [0.15, 0.2) is 0 Å². The molecule has 1 N–H and O–H groups in total. The topological polar surface area (TPSA) is 24.5 Å². The number of ether oxygens (including phenoxy) is 1. The maximum atomic E-state index is 5.43. The Balaban J connectivity index is 1.70. The monoisotopic (exact) mass is 240 g/mol. The smallest absolute Gasteiger partial charge is 0.0595 e. The molecule has 2 heterocycles. The largest absolute Gasteiger partial charge is 0.381 e. The van der Waals surface area contributed by atoms with E-state index in [1.807, 2.05) is 7.11 Å². The summed E-state index contributed by atoms with van der Waals surface area (Å²) in [6, 6.07) is 1.49. The van der Waals surface area contributed by atoms with Crippen molar-refractivity contribution in [1.82, 2.24) is 10.2 Å². The molecule has 100 valence electrons. The van der Waals surface area contributed by atoms with E-state index >= 15 is 0 Å². The molecular formula is C14H28N2O. The third-order valence-corrected chi connectivity index (χ3v) is 4.47. The van der Waals surface area contributed by atoms with Crippen LogP contribution in [0.5, 0.6) is 0 Å². The minimum Gasteiger partial charge on any atom is -0.381 e. The highest BCUT2D eigenvalue weighted by Gasteiger charge is 2.24. The first-order chi connectivity index (χ1) is 8.29. The van der Waals surface area contributed by atoms with Gasteiger partial charge in [-0.15, -0.1) is 0 Å². The van der Waals surface area contributed by atoms with E-state index in [-0.39, 0.29) is 0 Å². The summed E-state index contributed by atoms with van der Waals surface area (Å²) in [5.41, 5.74) is 0. The molecule has 0 bridgehead atoms. The van der Waals surface area contributed by atoms with Crippen LogP contribution in [0.2, 0.25) is 0 Å². The highest BCUT2D eigenvalue weighted by Crippen LogP contribution is 2.19. The summed E-state index contributed by atoms with van der Waals surface area (Å²) in [6.45, 7) is 6.05. The Kier molecular flexibility index (Phi) is 5.26. The standard InChI is InChI=1S/C14H28N2O/c1-12(11-13-5-3-4-8-15-13)16-9-6-14(17-2)7-10-16/h12-15H,3-11H2,1-2H3. The van der Waals surface area contributed by atoms with E-state index in [2.05, 4.69) is 17.1 Å². The van der Waals surface area contributed by atoms with Crippen molar-refractivity contribution in [3.05, 3.63) is 0 Å². The van der Waals surface area contributed by atoms with Gasteiger partial charge in [-0.05, 0) is 45.6 Å². The molecule has 3 heteroatoms. The molecule has 2 saturated heterocycles. The molecule has 0 aromatic heterocycles. The molecular weight excluding hydrogens is 212 g/mol. The van der Waals surface area contributed by atoms with Gasteiger partial charge in [0.1, 0.15) is 0 Å². The van der Waals surface area contributed by atoms with Crippen LogP contribution in [0.4, 0.5) is 0 Å². The number of hydrogen-bond acceptors (Lipinski definition) is 3. The molecule has 2 aliphatic heterocycles.